The standard InChI is InChI=1S/C14H27N3OS/c1-4-14(18,5-2)11-16-6-8-17(9-7-16)13-15-10-12(3)19-13/h12,18H,4-11H2,1-3H3. The van der Waals surface area contributed by atoms with Gasteiger partial charge in [0.1, 0.15) is 0 Å². The van der Waals surface area contributed by atoms with Gasteiger partial charge in [-0.15, -0.1) is 0 Å². The Morgan fingerprint density at radius 3 is 2.37 bits per heavy atom. The molecule has 2 heterocycles. The molecule has 110 valence electrons. The van der Waals surface area contributed by atoms with Crippen molar-refractivity contribution < 1.29 is 5.11 Å². The van der Waals surface area contributed by atoms with Gasteiger partial charge in [-0.05, 0) is 12.8 Å². The quantitative estimate of drug-likeness (QED) is 0.852. The molecule has 0 saturated carbocycles. The zero-order valence-corrected chi connectivity index (χ0v) is 13.2. The lowest BCUT2D eigenvalue weighted by Gasteiger charge is -2.39. The maximum Gasteiger partial charge on any atom is 0.159 e. The maximum absolute atomic E-state index is 10.4. The number of amidine groups is 1. The van der Waals surface area contributed by atoms with Gasteiger partial charge in [-0.1, -0.05) is 32.5 Å². The van der Waals surface area contributed by atoms with Gasteiger partial charge in [0.15, 0.2) is 5.17 Å². The monoisotopic (exact) mass is 285 g/mol. The molecule has 2 aliphatic heterocycles. The number of β-amino-alcohol motifs (C(OH)–C–C–N with tert-alkyl or cyclic N) is 1. The van der Waals surface area contributed by atoms with E-state index in [4.69, 9.17) is 0 Å². The molecule has 0 spiro atoms. The SMILES string of the molecule is CCC(O)(CC)CN1CCN(C2=NCC(C)S2)CC1. The Hall–Kier alpha value is -0.260. The van der Waals surface area contributed by atoms with E-state index in [0.29, 0.717) is 5.25 Å². The lowest BCUT2D eigenvalue weighted by Crippen LogP contribution is -2.52. The average molecular weight is 285 g/mol. The third-order valence-corrected chi connectivity index (χ3v) is 5.42. The molecule has 0 aromatic carbocycles. The van der Waals surface area contributed by atoms with E-state index < -0.39 is 5.60 Å². The fourth-order valence-electron chi connectivity index (χ4n) is 2.62. The molecule has 0 bridgehead atoms. The van der Waals surface area contributed by atoms with E-state index in [1.807, 2.05) is 11.8 Å². The van der Waals surface area contributed by atoms with E-state index in [0.717, 1.165) is 52.1 Å². The van der Waals surface area contributed by atoms with E-state index in [1.54, 1.807) is 0 Å². The Kier molecular flexibility index (Phi) is 5.15. The van der Waals surface area contributed by atoms with Crippen molar-refractivity contribution in [3.8, 4) is 0 Å². The number of rotatable bonds is 4. The molecule has 0 aliphatic carbocycles. The maximum atomic E-state index is 10.4. The summed E-state index contributed by atoms with van der Waals surface area (Å²) in [5, 5.41) is 12.3. The lowest BCUT2D eigenvalue weighted by atomic mass is 9.96. The molecule has 0 aromatic rings. The van der Waals surface area contributed by atoms with Crippen LogP contribution >= 0.6 is 11.8 Å². The van der Waals surface area contributed by atoms with Crippen molar-refractivity contribution in [3.63, 3.8) is 0 Å². The molecule has 5 heteroatoms. The second-order valence-corrected chi connectivity index (χ2v) is 7.15. The van der Waals surface area contributed by atoms with Crippen LogP contribution in [0.25, 0.3) is 0 Å². The van der Waals surface area contributed by atoms with Gasteiger partial charge in [-0.25, -0.2) is 0 Å². The summed E-state index contributed by atoms with van der Waals surface area (Å²) in [4.78, 5) is 9.41. The zero-order chi connectivity index (χ0) is 13.9. The Bertz CT molecular complexity index is 323. The van der Waals surface area contributed by atoms with Crippen LogP contribution in [0.15, 0.2) is 4.99 Å². The third kappa shape index (κ3) is 3.86. The number of hydrogen-bond donors (Lipinski definition) is 1. The van der Waals surface area contributed by atoms with Crippen LogP contribution in [0.1, 0.15) is 33.6 Å². The van der Waals surface area contributed by atoms with Gasteiger partial charge in [-0.3, -0.25) is 9.89 Å². The molecule has 1 fully saturated rings. The Balaban J connectivity index is 1.79. The zero-order valence-electron chi connectivity index (χ0n) is 12.4. The van der Waals surface area contributed by atoms with Crippen LogP contribution in [-0.2, 0) is 0 Å². The first-order valence-electron chi connectivity index (χ1n) is 7.47. The van der Waals surface area contributed by atoms with Gasteiger partial charge >= 0.3 is 0 Å². The second-order valence-electron chi connectivity index (χ2n) is 5.75. The number of aliphatic hydroxyl groups is 1. The minimum atomic E-state index is -0.504. The van der Waals surface area contributed by atoms with Crippen molar-refractivity contribution in [2.75, 3.05) is 39.3 Å². The van der Waals surface area contributed by atoms with Crippen molar-refractivity contribution >= 4 is 16.9 Å². The first kappa shape index (κ1) is 15.1. The minimum Gasteiger partial charge on any atom is -0.389 e. The van der Waals surface area contributed by atoms with Gasteiger partial charge in [0.2, 0.25) is 0 Å². The van der Waals surface area contributed by atoms with E-state index in [-0.39, 0.29) is 0 Å². The molecule has 1 N–H and O–H groups in total. The fourth-order valence-corrected chi connectivity index (χ4v) is 3.61. The average Bonchev–Trinajstić information content (AvgIpc) is 2.86. The van der Waals surface area contributed by atoms with E-state index in [1.165, 1.54) is 5.17 Å². The minimum absolute atomic E-state index is 0.504. The molecule has 1 unspecified atom stereocenters. The highest BCUT2D eigenvalue weighted by molar-refractivity contribution is 8.14. The van der Waals surface area contributed by atoms with Crippen molar-refractivity contribution in [2.45, 2.75) is 44.5 Å². The van der Waals surface area contributed by atoms with Crippen molar-refractivity contribution in [1.82, 2.24) is 9.80 Å². The first-order chi connectivity index (χ1) is 9.06. The van der Waals surface area contributed by atoms with Crippen molar-refractivity contribution in [2.24, 2.45) is 4.99 Å². The highest BCUT2D eigenvalue weighted by Gasteiger charge is 2.29. The molecule has 2 aliphatic rings. The predicted molar refractivity (Wildman–Crippen MR) is 82.9 cm³/mol. The van der Waals surface area contributed by atoms with Crippen LogP contribution < -0.4 is 0 Å². The van der Waals surface area contributed by atoms with Crippen molar-refractivity contribution in [1.29, 1.82) is 0 Å². The van der Waals surface area contributed by atoms with Crippen LogP contribution in [0.2, 0.25) is 0 Å². The molecule has 0 radical (unpaired) electrons. The Morgan fingerprint density at radius 2 is 1.89 bits per heavy atom. The van der Waals surface area contributed by atoms with E-state index in [2.05, 4.69) is 35.6 Å². The first-order valence-corrected chi connectivity index (χ1v) is 8.35. The molecule has 2 rings (SSSR count). The summed E-state index contributed by atoms with van der Waals surface area (Å²) in [6.07, 6.45) is 1.67. The van der Waals surface area contributed by atoms with Crippen LogP contribution in [0, 0.1) is 0 Å². The molecular formula is C14H27N3OS. The third-order valence-electron chi connectivity index (χ3n) is 4.27. The summed E-state index contributed by atoms with van der Waals surface area (Å²) in [6.45, 7) is 12.3. The van der Waals surface area contributed by atoms with E-state index in [9.17, 15) is 5.11 Å². The van der Waals surface area contributed by atoms with Gasteiger partial charge in [0, 0.05) is 38.0 Å². The molecule has 0 aromatic heterocycles. The highest BCUT2D eigenvalue weighted by Crippen LogP contribution is 2.24. The van der Waals surface area contributed by atoms with Crippen LogP contribution in [-0.4, -0.2) is 70.2 Å². The summed E-state index contributed by atoms with van der Waals surface area (Å²) in [6, 6.07) is 0. The number of aliphatic imine (C=N–C) groups is 1. The molecule has 0 amide bonds. The molecule has 1 atom stereocenters. The summed E-state index contributed by atoms with van der Waals surface area (Å²) in [5.74, 6) is 0. The number of nitrogens with zero attached hydrogens (tertiary/aromatic N) is 3. The summed E-state index contributed by atoms with van der Waals surface area (Å²) in [5.41, 5.74) is -0.504. The number of hydrogen-bond acceptors (Lipinski definition) is 5. The smallest absolute Gasteiger partial charge is 0.159 e. The number of piperazine rings is 1. The van der Waals surface area contributed by atoms with Gasteiger partial charge in [-0.2, -0.15) is 0 Å². The van der Waals surface area contributed by atoms with Crippen molar-refractivity contribution in [3.05, 3.63) is 0 Å². The predicted octanol–water partition coefficient (Wildman–Crippen LogP) is 1.65. The van der Waals surface area contributed by atoms with Gasteiger partial charge in [0.05, 0.1) is 12.1 Å². The molecule has 1 saturated heterocycles. The normalized spacial score (nSPS) is 25.8. The Labute approximate surface area is 121 Å². The lowest BCUT2D eigenvalue weighted by molar-refractivity contribution is -0.0107. The summed E-state index contributed by atoms with van der Waals surface area (Å²) in [7, 11) is 0. The van der Waals surface area contributed by atoms with Crippen LogP contribution in [0.3, 0.4) is 0 Å². The number of thioether (sulfide) groups is 1. The Morgan fingerprint density at radius 1 is 1.26 bits per heavy atom. The van der Waals surface area contributed by atoms with E-state index >= 15 is 0 Å². The fraction of sp³-hybridized carbons (Fsp3) is 0.929. The summed E-state index contributed by atoms with van der Waals surface area (Å²) >= 11 is 1.90. The molecule has 4 nitrogen and oxygen atoms in total. The van der Waals surface area contributed by atoms with Crippen LogP contribution in [0.5, 0.6) is 0 Å². The van der Waals surface area contributed by atoms with Gasteiger partial charge < -0.3 is 10.0 Å². The van der Waals surface area contributed by atoms with Crippen LogP contribution in [0.4, 0.5) is 0 Å². The molecule has 19 heavy (non-hydrogen) atoms. The topological polar surface area (TPSA) is 39.1 Å². The van der Waals surface area contributed by atoms with Gasteiger partial charge in [0.25, 0.3) is 0 Å². The largest absolute Gasteiger partial charge is 0.389 e. The molecular weight excluding hydrogens is 258 g/mol. The summed E-state index contributed by atoms with van der Waals surface area (Å²) < 4.78 is 0. The highest BCUT2D eigenvalue weighted by atomic mass is 32.2. The second kappa shape index (κ2) is 6.46.